The van der Waals surface area contributed by atoms with Gasteiger partial charge in [0.25, 0.3) is 5.91 Å². The molecule has 4 heteroatoms. The molecule has 0 saturated heterocycles. The van der Waals surface area contributed by atoms with E-state index < -0.39 is 5.60 Å². The van der Waals surface area contributed by atoms with E-state index in [0.717, 1.165) is 43.4 Å². The summed E-state index contributed by atoms with van der Waals surface area (Å²) in [6.45, 7) is 2.05. The van der Waals surface area contributed by atoms with Crippen molar-refractivity contribution in [2.24, 2.45) is 0 Å². The molecule has 2 rings (SSSR count). The highest BCUT2D eigenvalue weighted by Gasteiger charge is 2.39. The minimum Gasteiger partial charge on any atom is -0.368 e. The van der Waals surface area contributed by atoms with Gasteiger partial charge in [-0.3, -0.25) is 9.78 Å². The molecule has 19 heavy (non-hydrogen) atoms. The molecule has 1 saturated carbocycles. The number of nitrogens with one attached hydrogen (secondary N) is 1. The van der Waals surface area contributed by atoms with Crippen LogP contribution in [0, 0.1) is 0 Å². The zero-order chi connectivity index (χ0) is 13.7. The van der Waals surface area contributed by atoms with Crippen molar-refractivity contribution < 1.29 is 9.53 Å². The number of amides is 1. The number of hydrogen-bond acceptors (Lipinski definition) is 3. The van der Waals surface area contributed by atoms with Gasteiger partial charge in [0.1, 0.15) is 5.60 Å². The normalized spacial score (nSPS) is 18.0. The molecule has 1 aromatic rings. The zero-order valence-electron chi connectivity index (χ0n) is 11.7. The van der Waals surface area contributed by atoms with E-state index in [9.17, 15) is 4.79 Å². The highest BCUT2D eigenvalue weighted by molar-refractivity contribution is 5.97. The molecule has 0 unspecified atom stereocenters. The summed E-state index contributed by atoms with van der Waals surface area (Å²) in [4.78, 5) is 16.6. The third-order valence-corrected chi connectivity index (χ3v) is 4.00. The van der Waals surface area contributed by atoms with Crippen LogP contribution in [-0.2, 0) is 16.0 Å². The van der Waals surface area contributed by atoms with E-state index in [0.29, 0.717) is 0 Å². The lowest BCUT2D eigenvalue weighted by atomic mass is 9.84. The Morgan fingerprint density at radius 1 is 1.42 bits per heavy atom. The van der Waals surface area contributed by atoms with Gasteiger partial charge in [-0.2, -0.15) is 0 Å². The molecule has 4 nitrogen and oxygen atoms in total. The number of anilines is 1. The molecule has 0 atom stereocenters. The number of carbonyl (C=O) groups is 1. The second-order valence-corrected chi connectivity index (χ2v) is 5.10. The molecule has 0 aliphatic heterocycles. The Kier molecular flexibility index (Phi) is 4.53. The Morgan fingerprint density at radius 2 is 2.16 bits per heavy atom. The van der Waals surface area contributed by atoms with Gasteiger partial charge in [0.2, 0.25) is 0 Å². The van der Waals surface area contributed by atoms with Crippen molar-refractivity contribution in [2.75, 3.05) is 12.4 Å². The van der Waals surface area contributed by atoms with E-state index in [1.807, 2.05) is 6.07 Å². The summed E-state index contributed by atoms with van der Waals surface area (Å²) in [5.41, 5.74) is 1.26. The number of pyridine rings is 1. The monoisotopic (exact) mass is 262 g/mol. The summed E-state index contributed by atoms with van der Waals surface area (Å²) in [6, 6.07) is 1.85. The van der Waals surface area contributed by atoms with Crippen molar-refractivity contribution in [3.05, 3.63) is 24.0 Å². The van der Waals surface area contributed by atoms with Gasteiger partial charge in [-0.25, -0.2) is 0 Å². The first-order valence-corrected chi connectivity index (χ1v) is 7.01. The van der Waals surface area contributed by atoms with Crippen LogP contribution in [0.4, 0.5) is 5.69 Å². The average molecular weight is 262 g/mol. The van der Waals surface area contributed by atoms with Gasteiger partial charge in [0.15, 0.2) is 0 Å². The summed E-state index contributed by atoms with van der Waals surface area (Å²) in [6.07, 6.45) is 9.27. The van der Waals surface area contributed by atoms with Crippen molar-refractivity contribution in [1.29, 1.82) is 0 Å². The number of aromatic nitrogens is 1. The maximum absolute atomic E-state index is 12.5. The molecule has 0 bridgehead atoms. The van der Waals surface area contributed by atoms with Crippen molar-refractivity contribution in [1.82, 2.24) is 4.98 Å². The molecule has 0 spiro atoms. The first-order chi connectivity index (χ1) is 9.22. The molecular weight excluding hydrogens is 240 g/mol. The third-order valence-electron chi connectivity index (χ3n) is 4.00. The number of nitrogens with zero attached hydrogens (tertiary/aromatic N) is 1. The predicted molar refractivity (Wildman–Crippen MR) is 75.1 cm³/mol. The van der Waals surface area contributed by atoms with Crippen LogP contribution in [0.15, 0.2) is 18.5 Å². The number of ether oxygens (including phenoxy) is 1. The molecule has 0 radical (unpaired) electrons. The van der Waals surface area contributed by atoms with Crippen molar-refractivity contribution in [2.45, 2.75) is 51.0 Å². The topological polar surface area (TPSA) is 51.2 Å². The van der Waals surface area contributed by atoms with Crippen LogP contribution >= 0.6 is 0 Å². The Hall–Kier alpha value is -1.42. The fraction of sp³-hybridized carbons (Fsp3) is 0.600. The molecule has 1 aliphatic carbocycles. The largest absolute Gasteiger partial charge is 0.368 e. The van der Waals surface area contributed by atoms with Gasteiger partial charge in [0, 0.05) is 25.2 Å². The standard InChI is InChI=1S/C15H22N2O2/c1-3-12-11-16-10-7-13(12)17-14(18)15(19-2)8-5-4-6-9-15/h7,10-11H,3-6,8-9H2,1-2H3,(H,16,17,18). The first kappa shape index (κ1) is 14.0. The highest BCUT2D eigenvalue weighted by atomic mass is 16.5. The Labute approximate surface area is 114 Å². The van der Waals surface area contributed by atoms with E-state index in [1.54, 1.807) is 19.5 Å². The number of carbonyl (C=O) groups excluding carboxylic acids is 1. The van der Waals surface area contributed by atoms with Gasteiger partial charge in [-0.05, 0) is 30.9 Å². The molecule has 104 valence electrons. The predicted octanol–water partition coefficient (Wildman–Crippen LogP) is 2.93. The highest BCUT2D eigenvalue weighted by Crippen LogP contribution is 2.32. The SMILES string of the molecule is CCc1cnccc1NC(=O)C1(OC)CCCCC1. The van der Waals surface area contributed by atoms with Gasteiger partial charge in [-0.1, -0.05) is 26.2 Å². The van der Waals surface area contributed by atoms with Gasteiger partial charge in [0.05, 0.1) is 0 Å². The Morgan fingerprint density at radius 3 is 2.79 bits per heavy atom. The van der Waals surface area contributed by atoms with Crippen LogP contribution in [-0.4, -0.2) is 23.6 Å². The minimum absolute atomic E-state index is 0.0180. The molecule has 1 fully saturated rings. The van der Waals surface area contributed by atoms with E-state index in [2.05, 4.69) is 17.2 Å². The van der Waals surface area contributed by atoms with Gasteiger partial charge >= 0.3 is 0 Å². The molecule has 1 aromatic heterocycles. The summed E-state index contributed by atoms with van der Waals surface area (Å²) in [5.74, 6) is -0.0180. The smallest absolute Gasteiger partial charge is 0.256 e. The third kappa shape index (κ3) is 2.95. The van der Waals surface area contributed by atoms with Crippen molar-refractivity contribution in [3.8, 4) is 0 Å². The van der Waals surface area contributed by atoms with Crippen molar-refractivity contribution in [3.63, 3.8) is 0 Å². The average Bonchev–Trinajstić information content (AvgIpc) is 2.48. The minimum atomic E-state index is -0.646. The second kappa shape index (κ2) is 6.15. The maximum Gasteiger partial charge on any atom is 0.256 e. The molecular formula is C15H22N2O2. The lowest BCUT2D eigenvalue weighted by Gasteiger charge is -2.34. The van der Waals surface area contributed by atoms with Crippen LogP contribution < -0.4 is 5.32 Å². The molecule has 1 heterocycles. The van der Waals surface area contributed by atoms with Gasteiger partial charge < -0.3 is 10.1 Å². The van der Waals surface area contributed by atoms with Crippen molar-refractivity contribution >= 4 is 11.6 Å². The molecule has 1 N–H and O–H groups in total. The number of aryl methyl sites for hydroxylation is 1. The number of rotatable bonds is 4. The number of hydrogen-bond donors (Lipinski definition) is 1. The number of methoxy groups -OCH3 is 1. The summed E-state index contributed by atoms with van der Waals surface area (Å²) in [5, 5.41) is 3.02. The summed E-state index contributed by atoms with van der Waals surface area (Å²) in [7, 11) is 1.64. The molecule has 1 aliphatic rings. The second-order valence-electron chi connectivity index (χ2n) is 5.10. The Bertz CT molecular complexity index is 440. The van der Waals surface area contributed by atoms with Crippen LogP contribution in [0.3, 0.4) is 0 Å². The fourth-order valence-electron chi connectivity index (χ4n) is 2.71. The first-order valence-electron chi connectivity index (χ1n) is 7.01. The fourth-order valence-corrected chi connectivity index (χ4v) is 2.71. The summed E-state index contributed by atoms with van der Waals surface area (Å²) >= 11 is 0. The van der Waals surface area contributed by atoms with E-state index >= 15 is 0 Å². The molecule has 0 aromatic carbocycles. The van der Waals surface area contributed by atoms with E-state index in [-0.39, 0.29) is 5.91 Å². The lowest BCUT2D eigenvalue weighted by Crippen LogP contribution is -2.46. The lowest BCUT2D eigenvalue weighted by molar-refractivity contribution is -0.141. The zero-order valence-corrected chi connectivity index (χ0v) is 11.7. The molecule has 1 amide bonds. The van der Waals surface area contributed by atoms with Crippen LogP contribution in [0.1, 0.15) is 44.6 Å². The quantitative estimate of drug-likeness (QED) is 0.907. The van der Waals surface area contributed by atoms with E-state index in [4.69, 9.17) is 4.74 Å². The van der Waals surface area contributed by atoms with Crippen LogP contribution in [0.25, 0.3) is 0 Å². The van der Waals surface area contributed by atoms with Gasteiger partial charge in [-0.15, -0.1) is 0 Å². The summed E-state index contributed by atoms with van der Waals surface area (Å²) < 4.78 is 5.56. The maximum atomic E-state index is 12.5. The van der Waals surface area contributed by atoms with E-state index in [1.165, 1.54) is 6.42 Å². The van der Waals surface area contributed by atoms with Crippen LogP contribution in [0.5, 0.6) is 0 Å². The van der Waals surface area contributed by atoms with Crippen LogP contribution in [0.2, 0.25) is 0 Å². The Balaban J connectivity index is 2.15.